The molecule has 1 rings (SSSR count). The molecule has 0 saturated carbocycles. The van der Waals surface area contributed by atoms with Crippen LogP contribution in [-0.2, 0) is 4.79 Å². The van der Waals surface area contributed by atoms with Crippen molar-refractivity contribution in [3.05, 3.63) is 29.3 Å². The molecule has 0 bridgehead atoms. The van der Waals surface area contributed by atoms with Crippen LogP contribution in [0.5, 0.6) is 0 Å². The predicted molar refractivity (Wildman–Crippen MR) is 87.9 cm³/mol. The van der Waals surface area contributed by atoms with Crippen LogP contribution in [0.2, 0.25) is 0 Å². The van der Waals surface area contributed by atoms with E-state index in [4.69, 9.17) is 5.73 Å². The molecule has 0 heterocycles. The zero-order valence-electron chi connectivity index (χ0n) is 12.7. The van der Waals surface area contributed by atoms with E-state index in [0.29, 0.717) is 30.6 Å². The maximum absolute atomic E-state index is 11.9. The lowest BCUT2D eigenvalue weighted by atomic mass is 10.1. The van der Waals surface area contributed by atoms with Crippen molar-refractivity contribution in [2.75, 3.05) is 11.9 Å². The van der Waals surface area contributed by atoms with Gasteiger partial charge in [-0.1, -0.05) is 0 Å². The quantitative estimate of drug-likeness (QED) is 0.753. The number of nitrogens with one attached hydrogen (secondary N) is 2. The normalized spacial score (nSPS) is 9.95. The lowest BCUT2D eigenvalue weighted by Crippen LogP contribution is -2.30. The van der Waals surface area contributed by atoms with Gasteiger partial charge in [0.05, 0.1) is 0 Å². The van der Waals surface area contributed by atoms with Gasteiger partial charge in [-0.05, 0) is 57.5 Å². The van der Waals surface area contributed by atoms with Gasteiger partial charge in [-0.2, -0.15) is 0 Å². The Kier molecular flexibility index (Phi) is 8.66. The molecule has 1 aromatic carbocycles. The molecule has 0 unspecified atom stereocenters. The Bertz CT molecular complexity index is 490. The molecule has 2 amide bonds. The number of carbonyl (C=O) groups excluding carboxylic acids is 2. The minimum atomic E-state index is -0.0986. The molecule has 0 spiro atoms. The van der Waals surface area contributed by atoms with E-state index in [1.165, 1.54) is 0 Å². The van der Waals surface area contributed by atoms with Gasteiger partial charge in [-0.25, -0.2) is 0 Å². The lowest BCUT2D eigenvalue weighted by Gasteiger charge is -2.12. The van der Waals surface area contributed by atoms with E-state index >= 15 is 0 Å². The lowest BCUT2D eigenvalue weighted by molar-refractivity contribution is -0.116. The van der Waals surface area contributed by atoms with Gasteiger partial charge < -0.3 is 16.4 Å². The summed E-state index contributed by atoms with van der Waals surface area (Å²) < 4.78 is 0. The molecule has 118 valence electrons. The first-order chi connectivity index (χ1) is 9.43. The summed E-state index contributed by atoms with van der Waals surface area (Å²) in [7, 11) is 0. The third-order valence-corrected chi connectivity index (χ3v) is 2.78. The van der Waals surface area contributed by atoms with E-state index < -0.39 is 0 Å². The van der Waals surface area contributed by atoms with Gasteiger partial charge in [0.15, 0.2) is 0 Å². The highest BCUT2D eigenvalue weighted by molar-refractivity contribution is 5.97. The molecular formula is C15H24ClN3O2. The zero-order valence-corrected chi connectivity index (χ0v) is 13.5. The molecule has 0 radical (unpaired) electrons. The largest absolute Gasteiger partial charge is 0.350 e. The molecule has 0 atom stereocenters. The molecule has 0 aliphatic heterocycles. The first kappa shape index (κ1) is 19.4. The van der Waals surface area contributed by atoms with E-state index in [9.17, 15) is 9.59 Å². The Hall–Kier alpha value is -1.59. The highest BCUT2D eigenvalue weighted by Gasteiger charge is 2.11. The Morgan fingerprint density at radius 2 is 1.95 bits per heavy atom. The summed E-state index contributed by atoms with van der Waals surface area (Å²) in [6.45, 7) is 6.18. The zero-order chi connectivity index (χ0) is 15.1. The third kappa shape index (κ3) is 6.60. The minimum absolute atomic E-state index is 0. The molecule has 0 aliphatic rings. The fraction of sp³-hybridized carbons (Fsp3) is 0.467. The van der Waals surface area contributed by atoms with Gasteiger partial charge in [0.1, 0.15) is 0 Å². The summed E-state index contributed by atoms with van der Waals surface area (Å²) in [6.07, 6.45) is 1.07. The number of benzene rings is 1. The monoisotopic (exact) mass is 313 g/mol. The number of amides is 2. The average molecular weight is 314 g/mol. The van der Waals surface area contributed by atoms with Crippen LogP contribution in [0, 0.1) is 6.92 Å². The SMILES string of the molecule is Cc1cc(NC(=O)CCCN)ccc1C(=O)NC(C)C.Cl. The molecule has 0 fully saturated rings. The third-order valence-electron chi connectivity index (χ3n) is 2.78. The number of nitrogens with two attached hydrogens (primary N) is 1. The highest BCUT2D eigenvalue weighted by Crippen LogP contribution is 2.15. The first-order valence-electron chi connectivity index (χ1n) is 6.85. The fourth-order valence-electron chi connectivity index (χ4n) is 1.82. The van der Waals surface area contributed by atoms with Gasteiger partial charge in [0.2, 0.25) is 5.91 Å². The van der Waals surface area contributed by atoms with E-state index in [1.54, 1.807) is 18.2 Å². The first-order valence-corrected chi connectivity index (χ1v) is 6.85. The summed E-state index contributed by atoms with van der Waals surface area (Å²) in [5.41, 5.74) is 7.52. The maximum atomic E-state index is 11.9. The second-order valence-electron chi connectivity index (χ2n) is 5.10. The number of halogens is 1. The number of hydrogen-bond donors (Lipinski definition) is 3. The smallest absolute Gasteiger partial charge is 0.251 e. The van der Waals surface area contributed by atoms with Crippen molar-refractivity contribution in [3.8, 4) is 0 Å². The number of carbonyl (C=O) groups is 2. The molecule has 0 saturated heterocycles. The molecule has 4 N–H and O–H groups in total. The molecule has 21 heavy (non-hydrogen) atoms. The predicted octanol–water partition coefficient (Wildman–Crippen LogP) is 2.23. The van der Waals surface area contributed by atoms with E-state index in [0.717, 1.165) is 5.56 Å². The molecule has 0 aliphatic carbocycles. The van der Waals surface area contributed by atoms with Crippen molar-refractivity contribution in [2.24, 2.45) is 5.73 Å². The average Bonchev–Trinajstić information content (AvgIpc) is 2.35. The van der Waals surface area contributed by atoms with Gasteiger partial charge >= 0.3 is 0 Å². The van der Waals surface area contributed by atoms with Crippen molar-refractivity contribution in [1.82, 2.24) is 5.32 Å². The summed E-state index contributed by atoms with van der Waals surface area (Å²) >= 11 is 0. The standard InChI is InChI=1S/C15H23N3O2.ClH/c1-10(2)17-15(20)13-7-6-12(9-11(13)3)18-14(19)5-4-8-16;/h6-7,9-10H,4-5,8,16H2,1-3H3,(H,17,20)(H,18,19);1H. The van der Waals surface area contributed by atoms with Crippen LogP contribution in [0.1, 0.15) is 42.6 Å². The van der Waals surface area contributed by atoms with Crippen LogP contribution in [0.3, 0.4) is 0 Å². The Labute approximate surface area is 132 Å². The van der Waals surface area contributed by atoms with E-state index in [-0.39, 0.29) is 30.3 Å². The summed E-state index contributed by atoms with van der Waals surface area (Å²) in [4.78, 5) is 23.5. The molecule has 1 aromatic rings. The van der Waals surface area contributed by atoms with Crippen molar-refractivity contribution >= 4 is 29.9 Å². The Morgan fingerprint density at radius 3 is 2.48 bits per heavy atom. The summed E-state index contributed by atoms with van der Waals surface area (Å²) in [6, 6.07) is 5.36. The van der Waals surface area contributed by atoms with Crippen LogP contribution in [0.4, 0.5) is 5.69 Å². The van der Waals surface area contributed by atoms with Crippen LogP contribution in [0.15, 0.2) is 18.2 Å². The number of rotatable bonds is 6. The van der Waals surface area contributed by atoms with Crippen LogP contribution in [-0.4, -0.2) is 24.4 Å². The molecule has 5 nitrogen and oxygen atoms in total. The van der Waals surface area contributed by atoms with Crippen LogP contribution < -0.4 is 16.4 Å². The van der Waals surface area contributed by atoms with Crippen molar-refractivity contribution < 1.29 is 9.59 Å². The van der Waals surface area contributed by atoms with E-state index in [2.05, 4.69) is 10.6 Å². The second-order valence-corrected chi connectivity index (χ2v) is 5.10. The van der Waals surface area contributed by atoms with Crippen LogP contribution >= 0.6 is 12.4 Å². The molecule has 6 heteroatoms. The summed E-state index contributed by atoms with van der Waals surface area (Å²) in [5.74, 6) is -0.159. The Balaban J connectivity index is 0.00000400. The topological polar surface area (TPSA) is 84.2 Å². The summed E-state index contributed by atoms with van der Waals surface area (Å²) in [5, 5.41) is 5.65. The highest BCUT2D eigenvalue weighted by atomic mass is 35.5. The van der Waals surface area contributed by atoms with Gasteiger partial charge in [-0.3, -0.25) is 9.59 Å². The van der Waals surface area contributed by atoms with Crippen molar-refractivity contribution in [2.45, 2.75) is 39.7 Å². The van der Waals surface area contributed by atoms with Gasteiger partial charge in [-0.15, -0.1) is 12.4 Å². The van der Waals surface area contributed by atoms with Crippen molar-refractivity contribution in [3.63, 3.8) is 0 Å². The van der Waals surface area contributed by atoms with Crippen molar-refractivity contribution in [1.29, 1.82) is 0 Å². The number of anilines is 1. The second kappa shape index (κ2) is 9.37. The van der Waals surface area contributed by atoms with Gasteiger partial charge in [0, 0.05) is 23.7 Å². The Morgan fingerprint density at radius 1 is 1.29 bits per heavy atom. The van der Waals surface area contributed by atoms with Crippen LogP contribution in [0.25, 0.3) is 0 Å². The fourth-order valence-corrected chi connectivity index (χ4v) is 1.82. The van der Waals surface area contributed by atoms with E-state index in [1.807, 2.05) is 20.8 Å². The number of hydrogen-bond acceptors (Lipinski definition) is 3. The molecule has 0 aromatic heterocycles. The van der Waals surface area contributed by atoms with Gasteiger partial charge in [0.25, 0.3) is 5.91 Å². The maximum Gasteiger partial charge on any atom is 0.251 e. The molecular weight excluding hydrogens is 290 g/mol. The number of aryl methyl sites for hydroxylation is 1. The minimum Gasteiger partial charge on any atom is -0.350 e.